The number of hydrogen-bond donors (Lipinski definition) is 0. The zero-order valence-electron chi connectivity index (χ0n) is 11.2. The molecule has 6 heteroatoms. The molecule has 0 radical (unpaired) electrons. The van der Waals surface area contributed by atoms with Crippen LogP contribution in [0.1, 0.15) is 12.1 Å². The van der Waals surface area contributed by atoms with Crippen LogP contribution < -0.4 is 9.64 Å². The van der Waals surface area contributed by atoms with Crippen LogP contribution in [0, 0.1) is 6.92 Å². The van der Waals surface area contributed by atoms with Gasteiger partial charge < -0.3 is 9.64 Å². The van der Waals surface area contributed by atoms with Gasteiger partial charge in [0.1, 0.15) is 24.0 Å². The van der Waals surface area contributed by atoms with E-state index in [2.05, 4.69) is 35.8 Å². The van der Waals surface area contributed by atoms with Crippen molar-refractivity contribution in [2.75, 3.05) is 18.0 Å². The molecule has 20 heavy (non-hydrogen) atoms. The van der Waals surface area contributed by atoms with Crippen molar-refractivity contribution in [3.05, 3.63) is 41.0 Å². The first-order valence-corrected chi connectivity index (χ1v) is 7.31. The first-order valence-electron chi connectivity index (χ1n) is 6.51. The highest BCUT2D eigenvalue weighted by atomic mass is 79.9. The van der Waals surface area contributed by atoms with Crippen LogP contribution in [0.4, 0.5) is 5.82 Å². The summed E-state index contributed by atoms with van der Waals surface area (Å²) in [5, 5.41) is 0. The predicted octanol–water partition coefficient (Wildman–Crippen LogP) is 2.60. The SMILES string of the molecule is Cc1cc(N2CC[C@@H](Oc3cncc(Br)c3)C2)ncn1. The zero-order valence-corrected chi connectivity index (χ0v) is 12.7. The largest absolute Gasteiger partial charge is 0.487 e. The van der Waals surface area contributed by atoms with Gasteiger partial charge in [-0.1, -0.05) is 0 Å². The Morgan fingerprint density at radius 1 is 1.30 bits per heavy atom. The lowest BCUT2D eigenvalue weighted by atomic mass is 10.3. The van der Waals surface area contributed by atoms with Crippen molar-refractivity contribution in [1.82, 2.24) is 15.0 Å². The van der Waals surface area contributed by atoms with Gasteiger partial charge in [-0.05, 0) is 28.9 Å². The molecule has 1 atom stereocenters. The summed E-state index contributed by atoms with van der Waals surface area (Å²) in [5.41, 5.74) is 0.982. The molecule has 3 rings (SSSR count). The molecule has 3 heterocycles. The molecule has 1 saturated heterocycles. The summed E-state index contributed by atoms with van der Waals surface area (Å²) < 4.78 is 6.89. The lowest BCUT2D eigenvalue weighted by Gasteiger charge is -2.18. The molecule has 5 nitrogen and oxygen atoms in total. The number of ether oxygens (including phenoxy) is 1. The molecule has 1 aliphatic rings. The Bertz CT molecular complexity index is 607. The molecular formula is C14H15BrN4O. The third kappa shape index (κ3) is 3.07. The van der Waals surface area contributed by atoms with Gasteiger partial charge in [0.05, 0.1) is 12.7 Å². The predicted molar refractivity (Wildman–Crippen MR) is 80.0 cm³/mol. The number of rotatable bonds is 3. The summed E-state index contributed by atoms with van der Waals surface area (Å²) in [4.78, 5) is 14.8. The van der Waals surface area contributed by atoms with Crippen LogP contribution in [0.25, 0.3) is 0 Å². The first kappa shape index (κ1) is 13.3. The minimum atomic E-state index is 0.168. The number of pyridine rings is 1. The average molecular weight is 335 g/mol. The van der Waals surface area contributed by atoms with Crippen molar-refractivity contribution in [2.45, 2.75) is 19.4 Å². The fourth-order valence-electron chi connectivity index (χ4n) is 2.30. The second-order valence-electron chi connectivity index (χ2n) is 4.83. The van der Waals surface area contributed by atoms with Crippen molar-refractivity contribution < 1.29 is 4.74 Å². The molecule has 2 aromatic rings. The van der Waals surface area contributed by atoms with Crippen molar-refractivity contribution in [1.29, 1.82) is 0 Å². The number of anilines is 1. The van der Waals surface area contributed by atoms with Gasteiger partial charge in [-0.25, -0.2) is 9.97 Å². The third-order valence-corrected chi connectivity index (χ3v) is 3.67. The monoisotopic (exact) mass is 334 g/mol. The van der Waals surface area contributed by atoms with Crippen molar-refractivity contribution >= 4 is 21.7 Å². The van der Waals surface area contributed by atoms with Gasteiger partial charge in [0.25, 0.3) is 0 Å². The summed E-state index contributed by atoms with van der Waals surface area (Å²) in [6.07, 6.45) is 6.24. The average Bonchev–Trinajstić information content (AvgIpc) is 2.87. The fourth-order valence-corrected chi connectivity index (χ4v) is 2.64. The van der Waals surface area contributed by atoms with E-state index in [0.717, 1.165) is 41.2 Å². The molecular weight excluding hydrogens is 320 g/mol. The standard InChI is InChI=1S/C14H15BrN4O/c1-10-4-14(18-9-17-10)19-3-2-12(8-19)20-13-5-11(15)6-16-7-13/h4-7,9,12H,2-3,8H2,1H3/t12-/m1/s1. The zero-order chi connectivity index (χ0) is 13.9. The van der Waals surface area contributed by atoms with Crippen molar-refractivity contribution in [2.24, 2.45) is 0 Å². The highest BCUT2D eigenvalue weighted by Gasteiger charge is 2.25. The van der Waals surface area contributed by atoms with Gasteiger partial charge in [-0.3, -0.25) is 4.98 Å². The van der Waals surface area contributed by atoms with E-state index in [1.54, 1.807) is 18.7 Å². The molecule has 0 aromatic carbocycles. The number of hydrogen-bond acceptors (Lipinski definition) is 5. The Morgan fingerprint density at radius 2 is 2.20 bits per heavy atom. The van der Waals surface area contributed by atoms with Crippen LogP contribution >= 0.6 is 15.9 Å². The van der Waals surface area contributed by atoms with Gasteiger partial charge in [0, 0.05) is 35.4 Å². The second-order valence-corrected chi connectivity index (χ2v) is 5.75. The van der Waals surface area contributed by atoms with Gasteiger partial charge in [-0.15, -0.1) is 0 Å². The second kappa shape index (κ2) is 5.75. The smallest absolute Gasteiger partial charge is 0.139 e. The summed E-state index contributed by atoms with van der Waals surface area (Å²) in [6, 6.07) is 3.94. The maximum absolute atomic E-state index is 5.96. The van der Waals surface area contributed by atoms with E-state index in [-0.39, 0.29) is 6.10 Å². The highest BCUT2D eigenvalue weighted by Crippen LogP contribution is 2.23. The van der Waals surface area contributed by atoms with Gasteiger partial charge in [0.2, 0.25) is 0 Å². The van der Waals surface area contributed by atoms with Crippen LogP contribution in [-0.4, -0.2) is 34.1 Å². The minimum absolute atomic E-state index is 0.168. The number of halogens is 1. The van der Waals surface area contributed by atoms with Gasteiger partial charge >= 0.3 is 0 Å². The van der Waals surface area contributed by atoms with Crippen LogP contribution in [0.5, 0.6) is 5.75 Å². The third-order valence-electron chi connectivity index (χ3n) is 3.24. The minimum Gasteiger partial charge on any atom is -0.487 e. The van der Waals surface area contributed by atoms with E-state index >= 15 is 0 Å². The summed E-state index contributed by atoms with van der Waals surface area (Å²) in [5.74, 6) is 1.76. The number of aryl methyl sites for hydroxylation is 1. The van der Waals surface area contributed by atoms with Gasteiger partial charge in [0.15, 0.2) is 0 Å². The van der Waals surface area contributed by atoms with Crippen LogP contribution in [0.2, 0.25) is 0 Å². The molecule has 2 aromatic heterocycles. The first-order chi connectivity index (χ1) is 9.70. The number of aromatic nitrogens is 3. The van der Waals surface area contributed by atoms with E-state index in [9.17, 15) is 0 Å². The molecule has 0 bridgehead atoms. The lowest BCUT2D eigenvalue weighted by Crippen LogP contribution is -2.25. The van der Waals surface area contributed by atoms with E-state index in [1.807, 2.05) is 19.1 Å². The van der Waals surface area contributed by atoms with E-state index in [0.29, 0.717) is 0 Å². The molecule has 0 aliphatic carbocycles. The van der Waals surface area contributed by atoms with Crippen LogP contribution in [-0.2, 0) is 0 Å². The maximum Gasteiger partial charge on any atom is 0.139 e. The Labute approximate surface area is 126 Å². The van der Waals surface area contributed by atoms with E-state index in [1.165, 1.54) is 0 Å². The number of nitrogens with zero attached hydrogens (tertiary/aromatic N) is 4. The summed E-state index contributed by atoms with van der Waals surface area (Å²) in [6.45, 7) is 3.76. The molecule has 0 saturated carbocycles. The van der Waals surface area contributed by atoms with Crippen molar-refractivity contribution in [3.63, 3.8) is 0 Å². The van der Waals surface area contributed by atoms with Crippen LogP contribution in [0.3, 0.4) is 0 Å². The van der Waals surface area contributed by atoms with E-state index in [4.69, 9.17) is 4.74 Å². The Balaban J connectivity index is 1.65. The van der Waals surface area contributed by atoms with E-state index < -0.39 is 0 Å². The molecule has 0 N–H and O–H groups in total. The molecule has 1 aliphatic heterocycles. The highest BCUT2D eigenvalue weighted by molar-refractivity contribution is 9.10. The normalized spacial score (nSPS) is 18.3. The molecule has 1 fully saturated rings. The Kier molecular flexibility index (Phi) is 3.82. The Hall–Kier alpha value is -1.69. The maximum atomic E-state index is 5.96. The molecule has 0 amide bonds. The van der Waals surface area contributed by atoms with Crippen molar-refractivity contribution in [3.8, 4) is 5.75 Å². The molecule has 104 valence electrons. The molecule has 0 spiro atoms. The molecule has 0 unspecified atom stereocenters. The fraction of sp³-hybridized carbons (Fsp3) is 0.357. The quantitative estimate of drug-likeness (QED) is 0.863. The van der Waals surface area contributed by atoms with Gasteiger partial charge in [-0.2, -0.15) is 0 Å². The topological polar surface area (TPSA) is 51.1 Å². The Morgan fingerprint density at radius 3 is 3.00 bits per heavy atom. The van der Waals surface area contributed by atoms with Crippen LogP contribution in [0.15, 0.2) is 35.3 Å². The summed E-state index contributed by atoms with van der Waals surface area (Å²) >= 11 is 3.40. The lowest BCUT2D eigenvalue weighted by molar-refractivity contribution is 0.224. The summed E-state index contributed by atoms with van der Waals surface area (Å²) in [7, 11) is 0.